The van der Waals surface area contributed by atoms with Crippen molar-refractivity contribution in [2.24, 2.45) is 0 Å². The number of pyridine rings is 1. The highest BCUT2D eigenvalue weighted by atomic mass is 19.1. The maximum Gasteiger partial charge on any atom is 0.277 e. The number of ketones is 1. The summed E-state index contributed by atoms with van der Waals surface area (Å²) in [6.45, 7) is -0.149. The minimum absolute atomic E-state index is 0.0659. The van der Waals surface area contributed by atoms with Gasteiger partial charge in [-0.3, -0.25) is 14.4 Å². The molecule has 3 heterocycles. The highest BCUT2D eigenvalue weighted by Crippen LogP contribution is 2.29. The van der Waals surface area contributed by atoms with Gasteiger partial charge in [0.05, 0.1) is 31.4 Å². The van der Waals surface area contributed by atoms with Crippen LogP contribution < -0.4 is 5.43 Å². The molecule has 1 aromatic carbocycles. The van der Waals surface area contributed by atoms with Gasteiger partial charge in [0.15, 0.2) is 23.5 Å². The van der Waals surface area contributed by atoms with Crippen molar-refractivity contribution in [2.45, 2.75) is 31.7 Å². The molecular weight excluding hydrogens is 402 g/mol. The molecule has 30 heavy (non-hydrogen) atoms. The smallest absolute Gasteiger partial charge is 0.277 e. The lowest BCUT2D eigenvalue weighted by Gasteiger charge is -2.34. The molecule has 4 rings (SSSR count). The van der Waals surface area contributed by atoms with E-state index in [1.54, 1.807) is 0 Å². The molecule has 1 amide bonds. The monoisotopic (exact) mass is 420 g/mol. The molecule has 2 N–H and O–H groups in total. The van der Waals surface area contributed by atoms with Crippen LogP contribution >= 0.6 is 0 Å². The number of aromatic hydroxyl groups is 1. The Labute approximate surface area is 168 Å². The molecule has 1 fully saturated rings. The number of nitrogens with zero attached hydrogens (tertiary/aromatic N) is 2. The highest BCUT2D eigenvalue weighted by molar-refractivity contribution is 6.00. The minimum Gasteiger partial charge on any atom is -0.503 e. The van der Waals surface area contributed by atoms with Crippen LogP contribution in [0.2, 0.25) is 0 Å². The third-order valence-corrected chi connectivity index (χ3v) is 5.38. The maximum atomic E-state index is 13.8. The standard InChI is InChI=1S/C20H18F2N2O6/c21-11-3-1-10(14(22)5-11)2-4-15(26)13-6-23-7-16-24(12(8-25)9-30-16)20(29)17(23)19(28)18(13)27/h1,3,5-6,12,16,25,28H,2,4,7-9H2/t12-,16+/m0/s1. The Morgan fingerprint density at radius 2 is 2.03 bits per heavy atom. The summed E-state index contributed by atoms with van der Waals surface area (Å²) in [5, 5.41) is 19.7. The number of aryl methyl sites for hydroxylation is 1. The lowest BCUT2D eigenvalue weighted by atomic mass is 10.0. The zero-order chi connectivity index (χ0) is 21.6. The molecule has 158 valence electrons. The number of hydrogen-bond acceptors (Lipinski definition) is 6. The molecule has 2 atom stereocenters. The van der Waals surface area contributed by atoms with E-state index in [2.05, 4.69) is 0 Å². The van der Waals surface area contributed by atoms with Gasteiger partial charge in [-0.15, -0.1) is 0 Å². The Hall–Kier alpha value is -3.11. The lowest BCUT2D eigenvalue weighted by molar-refractivity contribution is 0.00379. The Morgan fingerprint density at radius 3 is 2.73 bits per heavy atom. The zero-order valence-electron chi connectivity index (χ0n) is 15.7. The topological polar surface area (TPSA) is 109 Å². The van der Waals surface area contributed by atoms with E-state index in [9.17, 15) is 33.4 Å². The molecule has 0 unspecified atom stereocenters. The van der Waals surface area contributed by atoms with Crippen LogP contribution in [-0.4, -0.2) is 56.9 Å². The van der Waals surface area contributed by atoms with Crippen molar-refractivity contribution in [3.05, 3.63) is 63.1 Å². The molecular formula is C20H18F2N2O6. The number of benzene rings is 1. The molecule has 1 aromatic heterocycles. The zero-order valence-corrected chi connectivity index (χ0v) is 15.7. The van der Waals surface area contributed by atoms with Gasteiger partial charge in [0.1, 0.15) is 11.6 Å². The Bertz CT molecular complexity index is 1100. The van der Waals surface area contributed by atoms with E-state index < -0.39 is 46.8 Å². The summed E-state index contributed by atoms with van der Waals surface area (Å²) < 4.78 is 33.6. The number of carbonyl (C=O) groups is 2. The first-order chi connectivity index (χ1) is 14.3. The van der Waals surface area contributed by atoms with Gasteiger partial charge in [0, 0.05) is 18.7 Å². The summed E-state index contributed by atoms with van der Waals surface area (Å²) >= 11 is 0. The second-order valence-corrected chi connectivity index (χ2v) is 7.22. The van der Waals surface area contributed by atoms with E-state index in [0.717, 1.165) is 6.07 Å². The summed E-state index contributed by atoms with van der Waals surface area (Å²) in [5.41, 5.74) is -1.50. The fraction of sp³-hybridized carbons (Fsp3) is 0.350. The van der Waals surface area contributed by atoms with Crippen molar-refractivity contribution in [1.82, 2.24) is 9.47 Å². The third-order valence-electron chi connectivity index (χ3n) is 5.38. The largest absolute Gasteiger partial charge is 0.503 e. The van der Waals surface area contributed by atoms with E-state index in [1.165, 1.54) is 21.7 Å². The third kappa shape index (κ3) is 3.27. The van der Waals surface area contributed by atoms with Gasteiger partial charge >= 0.3 is 0 Å². The number of halogens is 2. The molecule has 8 nitrogen and oxygen atoms in total. The van der Waals surface area contributed by atoms with Crippen molar-refractivity contribution in [3.63, 3.8) is 0 Å². The minimum atomic E-state index is -1.00. The van der Waals surface area contributed by atoms with Crippen LogP contribution in [0.4, 0.5) is 8.78 Å². The molecule has 1 saturated heterocycles. The van der Waals surface area contributed by atoms with Crippen molar-refractivity contribution in [2.75, 3.05) is 13.2 Å². The average Bonchev–Trinajstić information content (AvgIpc) is 3.13. The Morgan fingerprint density at radius 1 is 1.27 bits per heavy atom. The van der Waals surface area contributed by atoms with Crippen molar-refractivity contribution < 1.29 is 33.3 Å². The van der Waals surface area contributed by atoms with Gasteiger partial charge in [-0.05, 0) is 18.1 Å². The van der Waals surface area contributed by atoms with E-state index in [-0.39, 0.29) is 49.4 Å². The number of ether oxygens (including phenoxy) is 1. The van der Waals surface area contributed by atoms with E-state index in [0.29, 0.717) is 6.07 Å². The van der Waals surface area contributed by atoms with Crippen molar-refractivity contribution in [1.29, 1.82) is 0 Å². The summed E-state index contributed by atoms with van der Waals surface area (Å²) in [7, 11) is 0. The van der Waals surface area contributed by atoms with Gasteiger partial charge in [-0.1, -0.05) is 6.07 Å². The van der Waals surface area contributed by atoms with Crippen molar-refractivity contribution >= 4 is 11.7 Å². The Balaban J connectivity index is 1.62. The first-order valence-electron chi connectivity index (χ1n) is 9.30. The molecule has 0 saturated carbocycles. The van der Waals surface area contributed by atoms with Gasteiger partial charge < -0.3 is 24.4 Å². The first-order valence-corrected chi connectivity index (χ1v) is 9.30. The van der Waals surface area contributed by atoms with Crippen LogP contribution in [-0.2, 0) is 17.7 Å². The molecule has 0 radical (unpaired) electrons. The van der Waals surface area contributed by atoms with E-state index >= 15 is 0 Å². The normalized spacial score (nSPS) is 20.2. The number of fused-ring (bicyclic) bond motifs is 2. The van der Waals surface area contributed by atoms with Gasteiger partial charge in [0.2, 0.25) is 5.43 Å². The molecule has 0 aliphatic carbocycles. The predicted octanol–water partition coefficient (Wildman–Crippen LogP) is 0.821. The van der Waals surface area contributed by atoms with Crippen LogP contribution in [0.15, 0.2) is 29.2 Å². The SMILES string of the molecule is O=C(CCc1ccc(F)cc1F)c1cn2c(c(O)c1=O)C(=O)N1[C@@H](CO)CO[C@@H]1C2. The number of aliphatic hydroxyl groups is 1. The van der Waals surface area contributed by atoms with Crippen molar-refractivity contribution in [3.8, 4) is 5.75 Å². The summed E-state index contributed by atoms with van der Waals surface area (Å²) in [6, 6.07) is 2.41. The number of aliphatic hydroxyl groups excluding tert-OH is 1. The van der Waals surface area contributed by atoms with Gasteiger partial charge in [-0.25, -0.2) is 8.78 Å². The summed E-state index contributed by atoms with van der Waals surface area (Å²) in [6.07, 6.45) is 0.179. The number of rotatable bonds is 5. The fourth-order valence-corrected chi connectivity index (χ4v) is 3.81. The number of hydrogen-bond donors (Lipinski definition) is 2. The molecule has 2 aliphatic rings. The van der Waals surface area contributed by atoms with Crippen LogP contribution in [0, 0.1) is 11.6 Å². The van der Waals surface area contributed by atoms with Crippen LogP contribution in [0.3, 0.4) is 0 Å². The van der Waals surface area contributed by atoms with Crippen LogP contribution in [0.1, 0.15) is 32.8 Å². The molecule has 0 bridgehead atoms. The fourth-order valence-electron chi connectivity index (χ4n) is 3.81. The summed E-state index contributed by atoms with van der Waals surface area (Å²) in [5.74, 6) is -3.72. The quantitative estimate of drug-likeness (QED) is 0.694. The van der Waals surface area contributed by atoms with Gasteiger partial charge in [0.25, 0.3) is 5.91 Å². The molecule has 0 spiro atoms. The number of aromatic nitrogens is 1. The number of amides is 1. The second-order valence-electron chi connectivity index (χ2n) is 7.22. The number of Topliss-reactive ketones (excluding diaryl/α,β-unsaturated/α-hetero) is 1. The second kappa shape index (κ2) is 7.62. The lowest BCUT2D eigenvalue weighted by Crippen LogP contribution is -2.50. The Kier molecular flexibility index (Phi) is 5.12. The van der Waals surface area contributed by atoms with Gasteiger partial charge in [-0.2, -0.15) is 0 Å². The average molecular weight is 420 g/mol. The van der Waals surface area contributed by atoms with Crippen LogP contribution in [0.25, 0.3) is 0 Å². The van der Waals surface area contributed by atoms with E-state index in [4.69, 9.17) is 4.74 Å². The number of carbonyl (C=O) groups excluding carboxylic acids is 2. The van der Waals surface area contributed by atoms with Crippen LogP contribution in [0.5, 0.6) is 5.75 Å². The maximum absolute atomic E-state index is 13.8. The molecule has 2 aromatic rings. The predicted molar refractivity (Wildman–Crippen MR) is 98.2 cm³/mol. The van der Waals surface area contributed by atoms with E-state index in [1.807, 2.05) is 0 Å². The first kappa shape index (κ1) is 20.2. The molecule has 10 heteroatoms. The summed E-state index contributed by atoms with van der Waals surface area (Å²) in [4.78, 5) is 39.1. The highest BCUT2D eigenvalue weighted by Gasteiger charge is 2.44. The molecule has 2 aliphatic heterocycles.